The van der Waals surface area contributed by atoms with Crippen molar-refractivity contribution in [2.24, 2.45) is 11.5 Å². The van der Waals surface area contributed by atoms with Crippen LogP contribution in [0.5, 0.6) is 0 Å². The standard InChI is InChI=1S/C10H15FN4O/c1-7(16)2-3-8(4-12)6-15-10(14)9(11)5-13/h2-5,13,15-16H,1,6,12,14H2/b3-2-,8-4+,10-9-,13-5?. The summed E-state index contributed by atoms with van der Waals surface area (Å²) in [6.07, 6.45) is 4.62. The summed E-state index contributed by atoms with van der Waals surface area (Å²) >= 11 is 0. The number of aliphatic hydroxyl groups is 1. The van der Waals surface area contributed by atoms with E-state index in [0.717, 1.165) is 0 Å². The van der Waals surface area contributed by atoms with Crippen LogP contribution in [0.2, 0.25) is 0 Å². The molecule has 0 aliphatic carbocycles. The van der Waals surface area contributed by atoms with E-state index in [1.165, 1.54) is 18.4 Å². The number of rotatable bonds is 6. The molecule has 0 bridgehead atoms. The molecule has 0 radical (unpaired) electrons. The Hall–Kier alpha value is -2.24. The van der Waals surface area contributed by atoms with Gasteiger partial charge in [-0.15, -0.1) is 0 Å². The molecule has 0 amide bonds. The Labute approximate surface area is 93.1 Å². The maximum atomic E-state index is 12.7. The highest BCUT2D eigenvalue weighted by molar-refractivity contribution is 5.73. The average molecular weight is 226 g/mol. The number of nitrogens with two attached hydrogens (primary N) is 2. The third kappa shape index (κ3) is 5.48. The minimum absolute atomic E-state index is 0.117. The zero-order chi connectivity index (χ0) is 12.6. The zero-order valence-electron chi connectivity index (χ0n) is 8.70. The summed E-state index contributed by atoms with van der Waals surface area (Å²) < 4.78 is 12.7. The molecule has 5 nitrogen and oxygen atoms in total. The van der Waals surface area contributed by atoms with Gasteiger partial charge in [0.1, 0.15) is 11.6 Å². The predicted molar refractivity (Wildman–Crippen MR) is 62.3 cm³/mol. The molecule has 0 aromatic heterocycles. The SMILES string of the molecule is C=C(O)/C=C\C(=C/N)CN/C(N)=C(\F)C=N. The van der Waals surface area contributed by atoms with E-state index in [1.54, 1.807) is 0 Å². The second kappa shape index (κ2) is 7.10. The van der Waals surface area contributed by atoms with Crippen LogP contribution in [0.4, 0.5) is 4.39 Å². The molecule has 0 aliphatic heterocycles. The van der Waals surface area contributed by atoms with Gasteiger partial charge in [-0.2, -0.15) is 0 Å². The molecule has 0 aromatic carbocycles. The zero-order valence-corrected chi connectivity index (χ0v) is 8.70. The van der Waals surface area contributed by atoms with Gasteiger partial charge in [-0.3, -0.25) is 0 Å². The largest absolute Gasteiger partial charge is 0.509 e. The quantitative estimate of drug-likeness (QED) is 0.262. The summed E-state index contributed by atoms with van der Waals surface area (Å²) in [5.74, 6) is -1.22. The van der Waals surface area contributed by atoms with Gasteiger partial charge < -0.3 is 27.3 Å². The third-order valence-corrected chi connectivity index (χ3v) is 1.57. The first-order valence-corrected chi connectivity index (χ1v) is 4.37. The normalized spacial score (nSPS) is 13.4. The number of halogens is 1. The summed E-state index contributed by atoms with van der Waals surface area (Å²) in [6, 6.07) is 0. The van der Waals surface area contributed by atoms with Crippen LogP contribution in [0.3, 0.4) is 0 Å². The molecule has 0 spiro atoms. The van der Waals surface area contributed by atoms with Crippen LogP contribution in [0, 0.1) is 5.41 Å². The van der Waals surface area contributed by atoms with Gasteiger partial charge in [0, 0.05) is 6.54 Å². The molecule has 0 heterocycles. The topological polar surface area (TPSA) is 108 Å². The first-order valence-electron chi connectivity index (χ1n) is 4.37. The molecular formula is C10H15FN4O. The monoisotopic (exact) mass is 226 g/mol. The van der Waals surface area contributed by atoms with Gasteiger partial charge in [-0.25, -0.2) is 4.39 Å². The van der Waals surface area contributed by atoms with Crippen LogP contribution >= 0.6 is 0 Å². The minimum atomic E-state index is -0.855. The summed E-state index contributed by atoms with van der Waals surface area (Å²) in [5.41, 5.74) is 11.1. The van der Waals surface area contributed by atoms with E-state index in [0.29, 0.717) is 11.8 Å². The molecular weight excluding hydrogens is 211 g/mol. The maximum absolute atomic E-state index is 12.7. The molecule has 0 rings (SSSR count). The molecule has 0 aromatic rings. The minimum Gasteiger partial charge on any atom is -0.509 e. The van der Waals surface area contributed by atoms with Crippen molar-refractivity contribution in [1.29, 1.82) is 5.41 Å². The Kier molecular flexibility index (Phi) is 6.11. The van der Waals surface area contributed by atoms with E-state index in [4.69, 9.17) is 22.0 Å². The molecule has 0 aliphatic rings. The Morgan fingerprint density at radius 3 is 2.56 bits per heavy atom. The summed E-state index contributed by atoms with van der Waals surface area (Å²) in [4.78, 5) is 0. The van der Waals surface area contributed by atoms with E-state index < -0.39 is 5.83 Å². The summed E-state index contributed by atoms with van der Waals surface area (Å²) in [6.45, 7) is 3.43. The van der Waals surface area contributed by atoms with Crippen molar-refractivity contribution >= 4 is 6.21 Å². The van der Waals surface area contributed by atoms with Gasteiger partial charge in [0.25, 0.3) is 0 Å². The van der Waals surface area contributed by atoms with Crippen LogP contribution in [-0.2, 0) is 0 Å². The molecule has 0 unspecified atom stereocenters. The van der Waals surface area contributed by atoms with Crippen LogP contribution in [-0.4, -0.2) is 17.9 Å². The van der Waals surface area contributed by atoms with Crippen molar-refractivity contribution in [2.75, 3.05) is 6.54 Å². The van der Waals surface area contributed by atoms with Crippen molar-refractivity contribution in [2.45, 2.75) is 0 Å². The lowest BCUT2D eigenvalue weighted by molar-refractivity contribution is 0.435. The van der Waals surface area contributed by atoms with E-state index in [-0.39, 0.29) is 18.1 Å². The molecule has 0 saturated heterocycles. The van der Waals surface area contributed by atoms with Crippen molar-refractivity contribution < 1.29 is 9.50 Å². The summed E-state index contributed by atoms with van der Waals surface area (Å²) in [7, 11) is 0. The Balaban J connectivity index is 4.39. The molecule has 0 atom stereocenters. The second-order valence-electron chi connectivity index (χ2n) is 2.83. The molecule has 0 fully saturated rings. The van der Waals surface area contributed by atoms with E-state index >= 15 is 0 Å². The molecule has 7 N–H and O–H groups in total. The lowest BCUT2D eigenvalue weighted by Crippen LogP contribution is -2.24. The van der Waals surface area contributed by atoms with E-state index in [1.807, 2.05) is 0 Å². The van der Waals surface area contributed by atoms with Gasteiger partial charge in [0.05, 0.1) is 6.21 Å². The van der Waals surface area contributed by atoms with Gasteiger partial charge in [-0.05, 0) is 17.8 Å². The van der Waals surface area contributed by atoms with Crippen LogP contribution in [0.15, 0.2) is 47.9 Å². The van der Waals surface area contributed by atoms with E-state index in [9.17, 15) is 4.39 Å². The van der Waals surface area contributed by atoms with Crippen molar-refractivity contribution in [3.05, 3.63) is 47.9 Å². The lowest BCUT2D eigenvalue weighted by atomic mass is 10.2. The van der Waals surface area contributed by atoms with Crippen LogP contribution < -0.4 is 16.8 Å². The summed E-state index contributed by atoms with van der Waals surface area (Å²) in [5, 5.41) is 18.0. The fourth-order valence-corrected chi connectivity index (χ4v) is 0.736. The molecule has 88 valence electrons. The smallest absolute Gasteiger partial charge is 0.180 e. The lowest BCUT2D eigenvalue weighted by Gasteiger charge is -2.06. The fourth-order valence-electron chi connectivity index (χ4n) is 0.736. The number of hydrogen-bond donors (Lipinski definition) is 5. The van der Waals surface area contributed by atoms with E-state index in [2.05, 4.69) is 11.9 Å². The first-order chi connectivity index (χ1) is 7.51. The van der Waals surface area contributed by atoms with Gasteiger partial charge in [-0.1, -0.05) is 12.7 Å². The average Bonchev–Trinajstić information content (AvgIpc) is 2.27. The first kappa shape index (κ1) is 13.8. The Morgan fingerprint density at radius 1 is 1.50 bits per heavy atom. The van der Waals surface area contributed by atoms with Gasteiger partial charge >= 0.3 is 0 Å². The maximum Gasteiger partial charge on any atom is 0.180 e. The van der Waals surface area contributed by atoms with Crippen LogP contribution in [0.1, 0.15) is 0 Å². The van der Waals surface area contributed by atoms with Crippen molar-refractivity contribution in [3.8, 4) is 0 Å². The molecule has 6 heteroatoms. The van der Waals surface area contributed by atoms with Gasteiger partial charge in [0.15, 0.2) is 5.83 Å². The number of aliphatic hydroxyl groups excluding tert-OH is 1. The molecule has 0 saturated carbocycles. The highest BCUT2D eigenvalue weighted by Gasteiger charge is 1.99. The second-order valence-corrected chi connectivity index (χ2v) is 2.83. The number of allylic oxidation sites excluding steroid dienone is 2. The Morgan fingerprint density at radius 2 is 2.12 bits per heavy atom. The van der Waals surface area contributed by atoms with Crippen LogP contribution in [0.25, 0.3) is 0 Å². The highest BCUT2D eigenvalue weighted by atomic mass is 19.1. The van der Waals surface area contributed by atoms with Crippen molar-refractivity contribution in [1.82, 2.24) is 5.32 Å². The predicted octanol–water partition coefficient (Wildman–Crippen LogP) is 0.793. The Bertz CT molecular complexity index is 358. The number of nitrogens with one attached hydrogen (secondary N) is 2. The fraction of sp³-hybridized carbons (Fsp3) is 0.100. The number of hydrogen-bond acceptors (Lipinski definition) is 5. The molecule has 16 heavy (non-hydrogen) atoms. The third-order valence-electron chi connectivity index (χ3n) is 1.57. The highest BCUT2D eigenvalue weighted by Crippen LogP contribution is 1.98. The van der Waals surface area contributed by atoms with Gasteiger partial charge in [0.2, 0.25) is 0 Å². The van der Waals surface area contributed by atoms with Crippen molar-refractivity contribution in [3.63, 3.8) is 0 Å².